The van der Waals surface area contributed by atoms with E-state index in [4.69, 9.17) is 5.11 Å². The third-order valence-electron chi connectivity index (χ3n) is 2.79. The number of thiazole rings is 1. The lowest BCUT2D eigenvalue weighted by atomic mass is 10.2. The van der Waals surface area contributed by atoms with Gasteiger partial charge in [0.05, 0.1) is 12.1 Å². The third kappa shape index (κ3) is 2.35. The minimum absolute atomic E-state index is 0.106. The lowest BCUT2D eigenvalue weighted by Crippen LogP contribution is -2.17. The summed E-state index contributed by atoms with van der Waals surface area (Å²) in [5.74, 6) is -0.772. The van der Waals surface area contributed by atoms with Gasteiger partial charge >= 0.3 is 5.97 Å². The second-order valence-electron chi connectivity index (χ2n) is 3.98. The lowest BCUT2D eigenvalue weighted by molar-refractivity contribution is -0.136. The van der Waals surface area contributed by atoms with Gasteiger partial charge in [-0.2, -0.15) is 0 Å². The molecule has 1 fully saturated rings. The van der Waals surface area contributed by atoms with Gasteiger partial charge in [-0.1, -0.05) is 6.92 Å². The molecule has 0 aliphatic carbocycles. The smallest absolute Gasteiger partial charge is 0.308 e. The molecule has 0 unspecified atom stereocenters. The molecule has 0 spiro atoms. The average molecular weight is 240 g/mol. The van der Waals surface area contributed by atoms with Crippen LogP contribution in [0.1, 0.15) is 30.3 Å². The van der Waals surface area contributed by atoms with Crippen LogP contribution in [0.2, 0.25) is 0 Å². The summed E-state index contributed by atoms with van der Waals surface area (Å²) in [6.45, 7) is 4.14. The standard InChI is InChI=1S/C11H16N2O2S/c1-2-8-9(7-10(14)15)16-11(12-8)13-5-3-4-6-13/h2-7H2,1H3,(H,14,15). The Morgan fingerprint density at radius 3 is 2.75 bits per heavy atom. The quantitative estimate of drug-likeness (QED) is 0.873. The number of aliphatic carboxylic acids is 1. The van der Waals surface area contributed by atoms with Gasteiger partial charge in [0.2, 0.25) is 0 Å². The molecule has 0 radical (unpaired) electrons. The number of carboxylic acids is 1. The van der Waals surface area contributed by atoms with E-state index in [0.29, 0.717) is 0 Å². The van der Waals surface area contributed by atoms with Gasteiger partial charge in [0.15, 0.2) is 5.13 Å². The predicted molar refractivity (Wildman–Crippen MR) is 64.3 cm³/mol. The van der Waals surface area contributed by atoms with Gasteiger partial charge in [-0.15, -0.1) is 11.3 Å². The highest BCUT2D eigenvalue weighted by Crippen LogP contribution is 2.29. The van der Waals surface area contributed by atoms with E-state index in [9.17, 15) is 4.79 Å². The molecule has 1 aliphatic rings. The van der Waals surface area contributed by atoms with Gasteiger partial charge in [0.1, 0.15) is 0 Å². The molecular weight excluding hydrogens is 224 g/mol. The van der Waals surface area contributed by atoms with Crippen LogP contribution in [0.3, 0.4) is 0 Å². The number of aryl methyl sites for hydroxylation is 1. The van der Waals surface area contributed by atoms with Gasteiger partial charge in [-0.05, 0) is 19.3 Å². The molecule has 0 amide bonds. The van der Waals surface area contributed by atoms with Crippen LogP contribution in [0, 0.1) is 0 Å². The zero-order valence-electron chi connectivity index (χ0n) is 9.40. The van der Waals surface area contributed by atoms with Crippen LogP contribution >= 0.6 is 11.3 Å². The molecule has 4 nitrogen and oxygen atoms in total. The van der Waals surface area contributed by atoms with Crippen molar-refractivity contribution in [3.05, 3.63) is 10.6 Å². The van der Waals surface area contributed by atoms with Crippen molar-refractivity contribution in [1.29, 1.82) is 0 Å². The van der Waals surface area contributed by atoms with Crippen LogP contribution in [0.5, 0.6) is 0 Å². The highest BCUT2D eigenvalue weighted by molar-refractivity contribution is 7.15. The maximum Gasteiger partial charge on any atom is 0.308 e. The van der Waals surface area contributed by atoms with E-state index in [1.54, 1.807) is 11.3 Å². The number of rotatable bonds is 4. The summed E-state index contributed by atoms with van der Waals surface area (Å²) < 4.78 is 0. The van der Waals surface area contributed by atoms with E-state index >= 15 is 0 Å². The molecule has 1 aliphatic heterocycles. The van der Waals surface area contributed by atoms with Gasteiger partial charge < -0.3 is 10.0 Å². The number of carbonyl (C=O) groups is 1. The summed E-state index contributed by atoms with van der Waals surface area (Å²) in [7, 11) is 0. The highest BCUT2D eigenvalue weighted by Gasteiger charge is 2.19. The fourth-order valence-corrected chi connectivity index (χ4v) is 3.16. The molecule has 1 aromatic rings. The Labute approximate surface area is 98.9 Å². The second kappa shape index (κ2) is 4.82. The van der Waals surface area contributed by atoms with Crippen molar-refractivity contribution in [3.8, 4) is 0 Å². The highest BCUT2D eigenvalue weighted by atomic mass is 32.1. The van der Waals surface area contributed by atoms with Gasteiger partial charge in [-0.25, -0.2) is 4.98 Å². The normalized spacial score (nSPS) is 15.7. The fourth-order valence-electron chi connectivity index (χ4n) is 1.97. The van der Waals surface area contributed by atoms with Crippen molar-refractivity contribution < 1.29 is 9.90 Å². The number of carboxylic acid groups (broad SMARTS) is 1. The molecule has 0 atom stereocenters. The van der Waals surface area contributed by atoms with Crippen molar-refractivity contribution in [2.75, 3.05) is 18.0 Å². The van der Waals surface area contributed by atoms with Crippen LogP contribution in [-0.2, 0) is 17.6 Å². The third-order valence-corrected chi connectivity index (χ3v) is 3.95. The molecule has 1 N–H and O–H groups in total. The zero-order valence-corrected chi connectivity index (χ0v) is 10.2. The summed E-state index contributed by atoms with van der Waals surface area (Å²) in [6.07, 6.45) is 3.35. The Morgan fingerprint density at radius 2 is 2.19 bits per heavy atom. The molecule has 5 heteroatoms. The van der Waals surface area contributed by atoms with Crippen LogP contribution < -0.4 is 4.90 Å². The summed E-state index contributed by atoms with van der Waals surface area (Å²) in [4.78, 5) is 18.5. The van der Waals surface area contributed by atoms with E-state index < -0.39 is 5.97 Å². The lowest BCUT2D eigenvalue weighted by Gasteiger charge is -2.12. The zero-order chi connectivity index (χ0) is 11.5. The molecule has 1 aromatic heterocycles. The maximum atomic E-state index is 10.7. The fraction of sp³-hybridized carbons (Fsp3) is 0.636. The largest absolute Gasteiger partial charge is 0.481 e. The first-order valence-electron chi connectivity index (χ1n) is 5.66. The van der Waals surface area contributed by atoms with E-state index in [1.165, 1.54) is 12.8 Å². The molecule has 0 saturated carbocycles. The maximum absolute atomic E-state index is 10.7. The molecule has 1 saturated heterocycles. The number of nitrogens with zero attached hydrogens (tertiary/aromatic N) is 2. The van der Waals surface area contributed by atoms with Gasteiger partial charge in [-0.3, -0.25) is 4.79 Å². The van der Waals surface area contributed by atoms with Crippen molar-refractivity contribution in [2.24, 2.45) is 0 Å². The molecule has 16 heavy (non-hydrogen) atoms. The summed E-state index contributed by atoms with van der Waals surface area (Å²) in [6, 6.07) is 0. The summed E-state index contributed by atoms with van der Waals surface area (Å²) in [5.41, 5.74) is 0.953. The van der Waals surface area contributed by atoms with Gasteiger partial charge in [0, 0.05) is 18.0 Å². The van der Waals surface area contributed by atoms with Crippen molar-refractivity contribution in [2.45, 2.75) is 32.6 Å². The minimum Gasteiger partial charge on any atom is -0.481 e. The Bertz CT molecular complexity index is 383. The Hall–Kier alpha value is -1.10. The molecule has 2 rings (SSSR count). The number of anilines is 1. The molecular formula is C11H16N2O2S. The first-order chi connectivity index (χ1) is 7.70. The number of hydrogen-bond donors (Lipinski definition) is 1. The van der Waals surface area contributed by atoms with Crippen LogP contribution in [0.25, 0.3) is 0 Å². The van der Waals surface area contributed by atoms with Crippen molar-refractivity contribution in [3.63, 3.8) is 0 Å². The van der Waals surface area contributed by atoms with Crippen molar-refractivity contribution >= 4 is 22.4 Å². The van der Waals surface area contributed by atoms with E-state index in [2.05, 4.69) is 9.88 Å². The molecule has 0 bridgehead atoms. The Morgan fingerprint density at radius 1 is 1.50 bits per heavy atom. The topological polar surface area (TPSA) is 53.4 Å². The molecule has 0 aromatic carbocycles. The van der Waals surface area contributed by atoms with Crippen molar-refractivity contribution in [1.82, 2.24) is 4.98 Å². The average Bonchev–Trinajstić information content (AvgIpc) is 2.83. The summed E-state index contributed by atoms with van der Waals surface area (Å²) in [5, 5.41) is 9.83. The van der Waals surface area contributed by atoms with E-state index in [0.717, 1.165) is 35.2 Å². The first-order valence-corrected chi connectivity index (χ1v) is 6.47. The SMILES string of the molecule is CCc1nc(N2CCCC2)sc1CC(=O)O. The predicted octanol–water partition coefficient (Wildman–Crippen LogP) is 1.93. The van der Waals surface area contributed by atoms with Crippen LogP contribution in [0.4, 0.5) is 5.13 Å². The molecule has 2 heterocycles. The summed E-state index contributed by atoms with van der Waals surface area (Å²) >= 11 is 1.54. The van der Waals surface area contributed by atoms with E-state index in [1.807, 2.05) is 6.92 Å². The monoisotopic (exact) mass is 240 g/mol. The molecule has 88 valence electrons. The Balaban J connectivity index is 2.20. The van der Waals surface area contributed by atoms with Gasteiger partial charge in [0.25, 0.3) is 0 Å². The van der Waals surface area contributed by atoms with Crippen LogP contribution in [-0.4, -0.2) is 29.1 Å². The Kier molecular flexibility index (Phi) is 3.43. The first kappa shape index (κ1) is 11.4. The second-order valence-corrected chi connectivity index (χ2v) is 5.05. The number of hydrogen-bond acceptors (Lipinski definition) is 4. The van der Waals surface area contributed by atoms with Crippen LogP contribution in [0.15, 0.2) is 0 Å². The minimum atomic E-state index is -0.772. The number of aromatic nitrogens is 1. The van der Waals surface area contributed by atoms with E-state index in [-0.39, 0.29) is 6.42 Å².